The summed E-state index contributed by atoms with van der Waals surface area (Å²) in [6, 6.07) is 11.3. The second kappa shape index (κ2) is 5.05. The summed E-state index contributed by atoms with van der Waals surface area (Å²) in [5, 5.41) is 3.47. The van der Waals surface area contributed by atoms with Crippen LogP contribution in [0, 0.1) is 10.5 Å². The Morgan fingerprint density at radius 3 is 2.89 bits per heavy atom. The highest BCUT2D eigenvalue weighted by Gasteiger charge is 2.20. The Morgan fingerprint density at radius 2 is 2.11 bits per heavy atom. The van der Waals surface area contributed by atoms with Gasteiger partial charge in [-0.15, -0.1) is 0 Å². The lowest BCUT2D eigenvalue weighted by molar-refractivity contribution is 0.492. The molecule has 3 rings (SSSR count). The van der Waals surface area contributed by atoms with E-state index in [1.807, 2.05) is 0 Å². The molecule has 1 fully saturated rings. The number of hydrogen-bond donors (Lipinski definition) is 1. The number of hydrogen-bond acceptors (Lipinski definition) is 2. The molecule has 0 aliphatic heterocycles. The Kier molecular flexibility index (Phi) is 3.43. The first-order chi connectivity index (χ1) is 8.72. The third kappa shape index (κ3) is 2.78. The summed E-state index contributed by atoms with van der Waals surface area (Å²) < 4.78 is 7.16. The van der Waals surface area contributed by atoms with Gasteiger partial charge in [-0.2, -0.15) is 0 Å². The zero-order valence-electron chi connectivity index (χ0n) is 10.4. The van der Waals surface area contributed by atoms with Crippen LogP contribution in [0.1, 0.15) is 24.2 Å². The summed E-state index contributed by atoms with van der Waals surface area (Å²) in [6.07, 6.45) is 2.62. The van der Waals surface area contributed by atoms with Gasteiger partial charge in [0.1, 0.15) is 11.5 Å². The molecule has 1 aliphatic rings. The molecule has 1 heterocycles. The van der Waals surface area contributed by atoms with E-state index in [4.69, 9.17) is 4.42 Å². The first kappa shape index (κ1) is 12.2. The van der Waals surface area contributed by atoms with Crippen LogP contribution in [0.25, 0.3) is 11.3 Å². The Balaban J connectivity index is 1.80. The van der Waals surface area contributed by atoms with Crippen LogP contribution in [0.5, 0.6) is 0 Å². The Bertz CT molecular complexity index is 557. The second-order valence-electron chi connectivity index (χ2n) is 4.88. The molecule has 0 saturated heterocycles. The van der Waals surface area contributed by atoms with Crippen molar-refractivity contribution in [3.63, 3.8) is 0 Å². The highest BCUT2D eigenvalue weighted by atomic mass is 127. The standard InChI is InChI=1S/C15H16INO/c1-10-2-3-11(16)8-14(10)15-7-6-13(18-15)9-17-12-4-5-12/h2-3,6-8,12,17H,4-5,9H2,1H3. The summed E-state index contributed by atoms with van der Waals surface area (Å²) in [4.78, 5) is 0. The molecule has 18 heavy (non-hydrogen) atoms. The van der Waals surface area contributed by atoms with Crippen molar-refractivity contribution in [1.29, 1.82) is 0 Å². The van der Waals surface area contributed by atoms with Crippen molar-refractivity contribution in [2.75, 3.05) is 0 Å². The SMILES string of the molecule is Cc1ccc(I)cc1-c1ccc(CNC2CC2)o1. The van der Waals surface area contributed by atoms with Gasteiger partial charge in [-0.3, -0.25) is 0 Å². The Labute approximate surface area is 121 Å². The van der Waals surface area contributed by atoms with Gasteiger partial charge in [-0.1, -0.05) is 6.07 Å². The zero-order valence-corrected chi connectivity index (χ0v) is 12.5. The molecular weight excluding hydrogens is 337 g/mol. The second-order valence-corrected chi connectivity index (χ2v) is 6.13. The fourth-order valence-electron chi connectivity index (χ4n) is 2.01. The van der Waals surface area contributed by atoms with Gasteiger partial charge in [-0.05, 0) is 72.2 Å². The van der Waals surface area contributed by atoms with Crippen LogP contribution in [0.2, 0.25) is 0 Å². The maximum atomic E-state index is 5.92. The summed E-state index contributed by atoms with van der Waals surface area (Å²) in [5.41, 5.74) is 2.45. The van der Waals surface area contributed by atoms with Gasteiger partial charge < -0.3 is 9.73 Å². The van der Waals surface area contributed by atoms with Gasteiger partial charge in [0.2, 0.25) is 0 Å². The highest BCUT2D eigenvalue weighted by Crippen LogP contribution is 2.27. The van der Waals surface area contributed by atoms with Gasteiger partial charge in [0, 0.05) is 15.2 Å². The number of halogens is 1. The molecule has 3 heteroatoms. The molecular formula is C15H16INO. The Hall–Kier alpha value is -0.810. The number of furan rings is 1. The van der Waals surface area contributed by atoms with Crippen molar-refractivity contribution in [3.05, 3.63) is 45.2 Å². The van der Waals surface area contributed by atoms with Crippen molar-refractivity contribution in [2.24, 2.45) is 0 Å². The monoisotopic (exact) mass is 353 g/mol. The maximum absolute atomic E-state index is 5.92. The molecule has 0 spiro atoms. The van der Waals surface area contributed by atoms with E-state index in [0.717, 1.165) is 24.1 Å². The third-order valence-electron chi connectivity index (χ3n) is 3.27. The minimum atomic E-state index is 0.720. The average Bonchev–Trinajstić information content (AvgIpc) is 3.08. The smallest absolute Gasteiger partial charge is 0.134 e. The van der Waals surface area contributed by atoms with Gasteiger partial charge in [-0.25, -0.2) is 0 Å². The van der Waals surface area contributed by atoms with Crippen LogP contribution in [-0.4, -0.2) is 6.04 Å². The predicted octanol–water partition coefficient (Wildman–Crippen LogP) is 4.11. The molecule has 0 unspecified atom stereocenters. The largest absolute Gasteiger partial charge is 0.460 e. The summed E-state index contributed by atoms with van der Waals surface area (Å²) in [7, 11) is 0. The molecule has 0 bridgehead atoms. The topological polar surface area (TPSA) is 25.2 Å². The molecule has 1 aromatic carbocycles. The molecule has 1 N–H and O–H groups in total. The summed E-state index contributed by atoms with van der Waals surface area (Å²) in [6.45, 7) is 2.96. The summed E-state index contributed by atoms with van der Waals surface area (Å²) >= 11 is 2.34. The van der Waals surface area contributed by atoms with E-state index in [2.05, 4.69) is 65.2 Å². The van der Waals surface area contributed by atoms with Crippen LogP contribution in [0.4, 0.5) is 0 Å². The lowest BCUT2D eigenvalue weighted by Gasteiger charge is -2.03. The molecule has 94 valence electrons. The minimum Gasteiger partial charge on any atom is -0.460 e. The van der Waals surface area contributed by atoms with E-state index in [-0.39, 0.29) is 0 Å². The van der Waals surface area contributed by atoms with Gasteiger partial charge in [0.25, 0.3) is 0 Å². The number of rotatable bonds is 4. The summed E-state index contributed by atoms with van der Waals surface area (Å²) in [5.74, 6) is 1.99. The number of nitrogens with one attached hydrogen (secondary N) is 1. The van der Waals surface area contributed by atoms with Crippen LogP contribution in [0.3, 0.4) is 0 Å². The fourth-order valence-corrected chi connectivity index (χ4v) is 2.50. The minimum absolute atomic E-state index is 0.720. The van der Waals surface area contributed by atoms with Gasteiger partial charge in [0.05, 0.1) is 6.54 Å². The van der Waals surface area contributed by atoms with Crippen molar-refractivity contribution >= 4 is 22.6 Å². The maximum Gasteiger partial charge on any atom is 0.134 e. The molecule has 0 atom stereocenters. The Morgan fingerprint density at radius 1 is 1.28 bits per heavy atom. The van der Waals surface area contributed by atoms with E-state index in [1.54, 1.807) is 0 Å². The molecule has 1 aliphatic carbocycles. The van der Waals surface area contributed by atoms with Crippen molar-refractivity contribution in [2.45, 2.75) is 32.4 Å². The third-order valence-corrected chi connectivity index (χ3v) is 3.94. The highest BCUT2D eigenvalue weighted by molar-refractivity contribution is 14.1. The van der Waals surface area contributed by atoms with E-state index in [1.165, 1.54) is 27.5 Å². The van der Waals surface area contributed by atoms with Crippen LogP contribution in [-0.2, 0) is 6.54 Å². The lowest BCUT2D eigenvalue weighted by atomic mass is 10.1. The quantitative estimate of drug-likeness (QED) is 0.837. The normalized spacial score (nSPS) is 15.0. The number of aryl methyl sites for hydroxylation is 1. The van der Waals surface area contributed by atoms with E-state index in [9.17, 15) is 0 Å². The van der Waals surface area contributed by atoms with Crippen molar-refractivity contribution in [1.82, 2.24) is 5.32 Å². The van der Waals surface area contributed by atoms with Crippen LogP contribution in [0.15, 0.2) is 34.7 Å². The molecule has 0 radical (unpaired) electrons. The fraction of sp³-hybridized carbons (Fsp3) is 0.333. The average molecular weight is 353 g/mol. The first-order valence-corrected chi connectivity index (χ1v) is 7.39. The molecule has 1 aromatic heterocycles. The zero-order chi connectivity index (χ0) is 12.5. The van der Waals surface area contributed by atoms with Crippen LogP contribution < -0.4 is 5.32 Å². The predicted molar refractivity (Wildman–Crippen MR) is 81.5 cm³/mol. The van der Waals surface area contributed by atoms with Crippen LogP contribution >= 0.6 is 22.6 Å². The van der Waals surface area contributed by atoms with Crippen molar-refractivity contribution < 1.29 is 4.42 Å². The number of benzene rings is 1. The van der Waals surface area contributed by atoms with E-state index in [0.29, 0.717) is 0 Å². The van der Waals surface area contributed by atoms with Crippen molar-refractivity contribution in [3.8, 4) is 11.3 Å². The van der Waals surface area contributed by atoms with E-state index < -0.39 is 0 Å². The lowest BCUT2D eigenvalue weighted by Crippen LogP contribution is -2.14. The van der Waals surface area contributed by atoms with Gasteiger partial charge >= 0.3 is 0 Å². The molecule has 2 aromatic rings. The first-order valence-electron chi connectivity index (χ1n) is 6.31. The molecule has 1 saturated carbocycles. The molecule has 2 nitrogen and oxygen atoms in total. The molecule has 0 amide bonds. The van der Waals surface area contributed by atoms with Gasteiger partial charge in [0.15, 0.2) is 0 Å². The van der Waals surface area contributed by atoms with E-state index >= 15 is 0 Å².